The molecule has 0 bridgehead atoms. The fraction of sp³-hybridized carbons (Fsp3) is 0.273. The van der Waals surface area contributed by atoms with Crippen LogP contribution in [0.4, 0.5) is 25.3 Å². The lowest BCUT2D eigenvalue weighted by Gasteiger charge is -2.14. The highest BCUT2D eigenvalue weighted by Crippen LogP contribution is 2.41. The largest absolute Gasteiger partial charge is 0.355 e. The van der Waals surface area contributed by atoms with Crippen LogP contribution in [-0.2, 0) is 0 Å². The Kier molecular flexibility index (Phi) is 2.62. The van der Waals surface area contributed by atoms with Crippen LogP contribution in [0.15, 0.2) is 24.3 Å². The molecule has 18 heavy (non-hydrogen) atoms. The van der Waals surface area contributed by atoms with E-state index in [9.17, 15) is 8.78 Å². The van der Waals surface area contributed by atoms with Gasteiger partial charge < -0.3 is 4.90 Å². The predicted octanol–water partition coefficient (Wildman–Crippen LogP) is 3.02. The number of halogens is 2. The Morgan fingerprint density at radius 3 is 2.61 bits per heavy atom. The standard InChI is InChI=1S/C11H10F2N4S/c1-16-6-17(8-5-3-2-4-7(8)16)11-15-14-10(18-11)9(12)13/h2-5,9H,6H2,1H3. The SMILES string of the molecule is CN1CN(c2nnc(C(F)F)s2)c2ccccc21. The normalized spacial score (nSPS) is 14.4. The van der Waals surface area contributed by atoms with Gasteiger partial charge in [0.25, 0.3) is 6.43 Å². The number of hydrogen-bond acceptors (Lipinski definition) is 5. The van der Waals surface area contributed by atoms with E-state index >= 15 is 0 Å². The summed E-state index contributed by atoms with van der Waals surface area (Å²) in [6, 6.07) is 7.80. The van der Waals surface area contributed by atoms with Crippen LogP contribution in [-0.4, -0.2) is 23.9 Å². The topological polar surface area (TPSA) is 32.3 Å². The second-order valence-electron chi connectivity index (χ2n) is 3.98. The van der Waals surface area contributed by atoms with Gasteiger partial charge in [0.05, 0.1) is 18.0 Å². The maximum absolute atomic E-state index is 12.5. The van der Waals surface area contributed by atoms with Gasteiger partial charge in [-0.2, -0.15) is 0 Å². The molecule has 1 aromatic heterocycles. The third kappa shape index (κ3) is 1.71. The minimum absolute atomic E-state index is 0.239. The van der Waals surface area contributed by atoms with Gasteiger partial charge in [0, 0.05) is 7.05 Å². The van der Waals surface area contributed by atoms with Crippen molar-refractivity contribution in [2.24, 2.45) is 0 Å². The van der Waals surface area contributed by atoms with Crippen molar-refractivity contribution in [2.45, 2.75) is 6.43 Å². The summed E-state index contributed by atoms with van der Waals surface area (Å²) in [6.45, 7) is 0.594. The highest BCUT2D eigenvalue weighted by atomic mass is 32.1. The molecular formula is C11H10F2N4S. The monoisotopic (exact) mass is 268 g/mol. The number of nitrogens with zero attached hydrogens (tertiary/aromatic N) is 4. The summed E-state index contributed by atoms with van der Waals surface area (Å²) in [6.07, 6.45) is -2.56. The van der Waals surface area contributed by atoms with Gasteiger partial charge in [0.15, 0.2) is 5.01 Å². The van der Waals surface area contributed by atoms with E-state index in [2.05, 4.69) is 10.2 Å². The van der Waals surface area contributed by atoms with Crippen molar-refractivity contribution in [3.05, 3.63) is 29.3 Å². The molecule has 3 rings (SSSR count). The molecule has 0 N–H and O–H groups in total. The summed E-state index contributed by atoms with van der Waals surface area (Å²) in [7, 11) is 1.95. The lowest BCUT2D eigenvalue weighted by Crippen LogP contribution is -2.23. The van der Waals surface area contributed by atoms with Crippen LogP contribution in [0.3, 0.4) is 0 Å². The summed E-state index contributed by atoms with van der Waals surface area (Å²) in [5, 5.41) is 7.62. The Hall–Kier alpha value is -1.76. The first-order valence-electron chi connectivity index (χ1n) is 5.36. The molecule has 0 spiro atoms. The first-order valence-corrected chi connectivity index (χ1v) is 6.17. The molecular weight excluding hydrogens is 258 g/mol. The van der Waals surface area contributed by atoms with Gasteiger partial charge in [-0.1, -0.05) is 23.5 Å². The average Bonchev–Trinajstić information content (AvgIpc) is 2.95. The zero-order valence-electron chi connectivity index (χ0n) is 9.55. The summed E-state index contributed by atoms with van der Waals surface area (Å²) >= 11 is 0.931. The molecule has 94 valence electrons. The van der Waals surface area contributed by atoms with Crippen LogP contribution in [0.5, 0.6) is 0 Å². The Morgan fingerprint density at radius 1 is 1.22 bits per heavy atom. The fourth-order valence-corrected chi connectivity index (χ4v) is 2.67. The van der Waals surface area contributed by atoms with Crippen molar-refractivity contribution >= 4 is 27.8 Å². The summed E-state index contributed by atoms with van der Waals surface area (Å²) in [4.78, 5) is 3.93. The number of rotatable bonds is 2. The molecule has 4 nitrogen and oxygen atoms in total. The molecule has 0 fully saturated rings. The van der Waals surface area contributed by atoms with Crippen LogP contribution in [0.2, 0.25) is 0 Å². The number of para-hydroxylation sites is 2. The molecule has 0 saturated carbocycles. The van der Waals surface area contributed by atoms with E-state index in [4.69, 9.17) is 0 Å². The first-order chi connectivity index (χ1) is 8.66. The summed E-state index contributed by atoms with van der Waals surface area (Å²) < 4.78 is 25.0. The molecule has 1 aromatic carbocycles. The molecule has 0 aliphatic carbocycles. The van der Waals surface area contributed by atoms with Crippen LogP contribution >= 0.6 is 11.3 Å². The molecule has 2 aromatic rings. The summed E-state index contributed by atoms with van der Waals surface area (Å²) in [5.41, 5.74) is 2.03. The van der Waals surface area contributed by atoms with Gasteiger partial charge >= 0.3 is 0 Å². The molecule has 0 amide bonds. The number of benzene rings is 1. The van der Waals surface area contributed by atoms with Gasteiger partial charge in [-0.3, -0.25) is 4.90 Å². The molecule has 1 aliphatic rings. The first kappa shape index (κ1) is 11.3. The Labute approximate surface area is 106 Å². The maximum Gasteiger partial charge on any atom is 0.291 e. The molecule has 0 atom stereocenters. The van der Waals surface area contributed by atoms with E-state index in [-0.39, 0.29) is 5.01 Å². The lowest BCUT2D eigenvalue weighted by molar-refractivity contribution is 0.150. The molecule has 2 heterocycles. The van der Waals surface area contributed by atoms with E-state index < -0.39 is 6.43 Å². The van der Waals surface area contributed by atoms with Crippen LogP contribution in [0.1, 0.15) is 11.4 Å². The molecule has 7 heteroatoms. The number of fused-ring (bicyclic) bond motifs is 1. The van der Waals surface area contributed by atoms with Gasteiger partial charge in [-0.05, 0) is 12.1 Å². The Morgan fingerprint density at radius 2 is 1.94 bits per heavy atom. The molecule has 0 radical (unpaired) electrons. The smallest absolute Gasteiger partial charge is 0.291 e. The molecule has 0 unspecified atom stereocenters. The highest BCUT2D eigenvalue weighted by Gasteiger charge is 2.27. The average molecular weight is 268 g/mol. The van der Waals surface area contributed by atoms with E-state index in [1.54, 1.807) is 0 Å². The third-order valence-corrected chi connectivity index (χ3v) is 3.74. The second kappa shape index (κ2) is 4.16. The Bertz CT molecular complexity index is 572. The number of anilines is 3. The maximum atomic E-state index is 12.5. The van der Waals surface area contributed by atoms with Crippen LogP contribution < -0.4 is 9.80 Å². The molecule has 0 saturated heterocycles. The predicted molar refractivity (Wildman–Crippen MR) is 66.7 cm³/mol. The fourth-order valence-electron chi connectivity index (χ4n) is 1.97. The van der Waals surface area contributed by atoms with E-state index in [0.717, 1.165) is 22.7 Å². The van der Waals surface area contributed by atoms with Crippen LogP contribution in [0, 0.1) is 0 Å². The van der Waals surface area contributed by atoms with Gasteiger partial charge in [-0.15, -0.1) is 10.2 Å². The lowest BCUT2D eigenvalue weighted by atomic mass is 10.2. The van der Waals surface area contributed by atoms with Crippen molar-refractivity contribution in [2.75, 3.05) is 23.5 Å². The third-order valence-electron chi connectivity index (χ3n) is 2.78. The van der Waals surface area contributed by atoms with Gasteiger partial charge in [0.2, 0.25) is 5.13 Å². The molecule has 1 aliphatic heterocycles. The minimum Gasteiger partial charge on any atom is -0.355 e. The van der Waals surface area contributed by atoms with Crippen molar-refractivity contribution in [3.8, 4) is 0 Å². The second-order valence-corrected chi connectivity index (χ2v) is 4.97. The van der Waals surface area contributed by atoms with Crippen molar-refractivity contribution in [1.82, 2.24) is 10.2 Å². The van der Waals surface area contributed by atoms with Crippen molar-refractivity contribution in [1.29, 1.82) is 0 Å². The Balaban J connectivity index is 1.98. The number of hydrogen-bond donors (Lipinski definition) is 0. The number of aromatic nitrogens is 2. The van der Waals surface area contributed by atoms with E-state index in [1.165, 1.54) is 0 Å². The van der Waals surface area contributed by atoms with Gasteiger partial charge in [-0.25, -0.2) is 8.78 Å². The van der Waals surface area contributed by atoms with E-state index in [0.29, 0.717) is 11.8 Å². The zero-order valence-corrected chi connectivity index (χ0v) is 10.4. The van der Waals surface area contributed by atoms with Crippen LogP contribution in [0.25, 0.3) is 0 Å². The minimum atomic E-state index is -2.56. The zero-order chi connectivity index (χ0) is 12.7. The van der Waals surface area contributed by atoms with Crippen molar-refractivity contribution < 1.29 is 8.78 Å². The highest BCUT2D eigenvalue weighted by molar-refractivity contribution is 7.15. The van der Waals surface area contributed by atoms with Gasteiger partial charge in [0.1, 0.15) is 0 Å². The van der Waals surface area contributed by atoms with E-state index in [1.807, 2.05) is 41.1 Å². The van der Waals surface area contributed by atoms with Crippen molar-refractivity contribution in [3.63, 3.8) is 0 Å². The summed E-state index contributed by atoms with van der Waals surface area (Å²) in [5.74, 6) is 0. The number of alkyl halides is 2. The quantitative estimate of drug-likeness (QED) is 0.838.